The van der Waals surface area contributed by atoms with Gasteiger partial charge in [-0.25, -0.2) is 4.57 Å². The summed E-state index contributed by atoms with van der Waals surface area (Å²) in [6.45, 7) is 1.07. The lowest BCUT2D eigenvalue weighted by Crippen LogP contribution is -2.15. The second kappa shape index (κ2) is 4.89. The Morgan fingerprint density at radius 3 is 2.08 bits per heavy atom. The van der Waals surface area contributed by atoms with E-state index in [1.165, 1.54) is 0 Å². The summed E-state index contributed by atoms with van der Waals surface area (Å²) < 4.78 is 24.3. The Balaban J connectivity index is 4.68. The van der Waals surface area contributed by atoms with Gasteiger partial charge in [-0.15, -0.1) is 4.79 Å². The van der Waals surface area contributed by atoms with Crippen molar-refractivity contribution in [3.8, 4) is 0 Å². The highest BCUT2D eigenvalue weighted by Gasteiger charge is 2.33. The highest BCUT2D eigenvalue weighted by atomic mass is 31.2. The molecule has 0 aromatic rings. The first kappa shape index (κ1) is 12.0. The highest BCUT2D eigenvalue weighted by molar-refractivity contribution is 7.49. The molecule has 0 unspecified atom stereocenters. The van der Waals surface area contributed by atoms with E-state index >= 15 is 0 Å². The summed E-state index contributed by atoms with van der Waals surface area (Å²) in [5, 5.41) is 0. The van der Waals surface area contributed by atoms with Crippen LogP contribution in [0.5, 0.6) is 0 Å². The van der Waals surface area contributed by atoms with Crippen molar-refractivity contribution in [3.05, 3.63) is 5.53 Å². The van der Waals surface area contributed by atoms with Gasteiger partial charge in [-0.1, -0.05) is 0 Å². The maximum absolute atomic E-state index is 11.2. The zero-order valence-electron chi connectivity index (χ0n) is 7.38. The fourth-order valence-electron chi connectivity index (χ4n) is 0.408. The normalized spacial score (nSPS) is 10.4. The van der Waals surface area contributed by atoms with Gasteiger partial charge in [-0.05, 0) is 0 Å². The summed E-state index contributed by atoms with van der Waals surface area (Å²) in [6.07, 6.45) is 0. The average molecular weight is 208 g/mol. The van der Waals surface area contributed by atoms with E-state index in [9.17, 15) is 9.36 Å². The molecule has 0 bridgehead atoms. The van der Waals surface area contributed by atoms with Crippen molar-refractivity contribution in [2.45, 2.75) is 6.92 Å². The van der Waals surface area contributed by atoms with E-state index in [1.807, 2.05) is 0 Å². The molecule has 0 aliphatic heterocycles. The molecule has 0 aromatic heterocycles. The summed E-state index contributed by atoms with van der Waals surface area (Å²) in [5.41, 5.74) is 8.26. The Labute approximate surface area is 74.8 Å². The molecule has 0 heterocycles. The van der Waals surface area contributed by atoms with Crippen LogP contribution in [0, 0.1) is 0 Å². The van der Waals surface area contributed by atoms with Gasteiger partial charge in [-0.2, -0.15) is 0 Å². The third kappa shape index (κ3) is 3.48. The number of hydrogen-bond acceptors (Lipinski definition) is 5. The number of phosphoric acid groups is 1. The quantitative estimate of drug-likeness (QED) is 0.222. The molecule has 8 heteroatoms. The minimum atomic E-state index is -3.82. The van der Waals surface area contributed by atoms with Gasteiger partial charge in [0.1, 0.15) is 0 Å². The Kier molecular flexibility index (Phi) is 4.51. The van der Waals surface area contributed by atoms with Crippen LogP contribution in [-0.2, 0) is 22.9 Å². The zero-order chi connectivity index (χ0) is 10.5. The standard InChI is InChI=1S/C5H9N2O5P/c1-4(8)5(7-6)12-13(9,10-2)11-3/h1-3H3. The maximum Gasteiger partial charge on any atom is 0.534 e. The number of rotatable bonds is 4. The number of hydrogen-bond donors (Lipinski definition) is 0. The van der Waals surface area contributed by atoms with E-state index in [-0.39, 0.29) is 0 Å². The van der Waals surface area contributed by atoms with Crippen LogP contribution in [0.3, 0.4) is 0 Å². The first-order valence-electron chi connectivity index (χ1n) is 3.13. The van der Waals surface area contributed by atoms with E-state index in [0.717, 1.165) is 21.1 Å². The Morgan fingerprint density at radius 2 is 1.85 bits per heavy atom. The lowest BCUT2D eigenvalue weighted by atomic mass is 10.5. The maximum atomic E-state index is 11.2. The lowest BCUT2D eigenvalue weighted by molar-refractivity contribution is -0.118. The van der Waals surface area contributed by atoms with Crippen molar-refractivity contribution in [2.24, 2.45) is 0 Å². The number of Topliss-reactive ketones (excluding diaryl/α,β-unsaturated/α-hetero) is 1. The minimum Gasteiger partial charge on any atom is -0.357 e. The predicted molar refractivity (Wildman–Crippen MR) is 42.0 cm³/mol. The van der Waals surface area contributed by atoms with Crippen LogP contribution < -0.4 is 0 Å². The van der Waals surface area contributed by atoms with Crippen LogP contribution in [0.1, 0.15) is 6.92 Å². The summed E-state index contributed by atoms with van der Waals surface area (Å²) in [6, 6.07) is 0. The third-order valence-corrected chi connectivity index (χ3v) is 2.33. The van der Waals surface area contributed by atoms with Gasteiger partial charge < -0.3 is 10.1 Å². The Morgan fingerprint density at radius 1 is 1.38 bits per heavy atom. The molecule has 7 nitrogen and oxygen atoms in total. The molecule has 0 fully saturated rings. The van der Waals surface area contributed by atoms with Crippen molar-refractivity contribution in [1.29, 1.82) is 0 Å². The summed E-state index contributed by atoms with van der Waals surface area (Å²) in [5.74, 6) is -1.43. The fraction of sp³-hybridized carbons (Fsp3) is 0.600. The van der Waals surface area contributed by atoms with E-state index in [1.54, 1.807) is 0 Å². The van der Waals surface area contributed by atoms with E-state index < -0.39 is 19.5 Å². The predicted octanol–water partition coefficient (Wildman–Crippen LogP) is 0.621. The molecular formula is C5H9N2O5P. The molecule has 0 saturated heterocycles. The van der Waals surface area contributed by atoms with Gasteiger partial charge in [0.25, 0.3) is 5.78 Å². The largest absolute Gasteiger partial charge is 0.534 e. The van der Waals surface area contributed by atoms with E-state index in [0.29, 0.717) is 0 Å². The molecule has 13 heavy (non-hydrogen) atoms. The number of carbonyl (C=O) groups is 1. The molecule has 0 saturated carbocycles. The number of carbonyl (C=O) groups excluding carboxylic acids is 1. The molecular weight excluding hydrogens is 199 g/mol. The molecule has 0 aromatic carbocycles. The summed E-state index contributed by atoms with van der Waals surface area (Å²) in [4.78, 5) is 13.1. The average Bonchev–Trinajstić information content (AvgIpc) is 2.13. The van der Waals surface area contributed by atoms with Gasteiger partial charge in [0.2, 0.25) is 0 Å². The van der Waals surface area contributed by atoms with Gasteiger partial charge in [0.15, 0.2) is 0 Å². The molecule has 0 spiro atoms. The molecule has 0 N–H and O–H groups in total. The molecule has 0 radical (unpaired) electrons. The number of phosphoric ester groups is 1. The summed E-state index contributed by atoms with van der Waals surface area (Å²) in [7, 11) is -1.68. The van der Waals surface area contributed by atoms with Crippen LogP contribution in [-0.4, -0.2) is 30.7 Å². The molecule has 0 atom stereocenters. The van der Waals surface area contributed by atoms with Gasteiger partial charge in [0.05, 0.1) is 0 Å². The van der Waals surface area contributed by atoms with Crippen molar-refractivity contribution in [1.82, 2.24) is 0 Å². The van der Waals surface area contributed by atoms with Crippen molar-refractivity contribution < 1.29 is 27.7 Å². The van der Waals surface area contributed by atoms with Gasteiger partial charge >= 0.3 is 13.7 Å². The summed E-state index contributed by atoms with van der Waals surface area (Å²) >= 11 is 0. The molecule has 0 amide bonds. The van der Waals surface area contributed by atoms with Crippen LogP contribution in [0.25, 0.3) is 5.53 Å². The van der Waals surface area contributed by atoms with Gasteiger partial charge in [-0.3, -0.25) is 13.8 Å². The molecule has 0 rings (SSSR count). The van der Waals surface area contributed by atoms with E-state index in [4.69, 9.17) is 5.53 Å². The number of nitrogens with zero attached hydrogens (tertiary/aromatic N) is 2. The first-order valence-corrected chi connectivity index (χ1v) is 4.59. The topological polar surface area (TPSA) is 98.2 Å². The van der Waals surface area contributed by atoms with Crippen LogP contribution >= 0.6 is 7.82 Å². The molecule has 74 valence electrons. The monoisotopic (exact) mass is 208 g/mol. The smallest absolute Gasteiger partial charge is 0.357 e. The number of ketones is 1. The molecule has 0 aliphatic rings. The first-order chi connectivity index (χ1) is 5.99. The van der Waals surface area contributed by atoms with Crippen molar-refractivity contribution in [2.75, 3.05) is 14.2 Å². The highest BCUT2D eigenvalue weighted by Crippen LogP contribution is 2.47. The van der Waals surface area contributed by atoms with Crippen LogP contribution in [0.2, 0.25) is 0 Å². The lowest BCUT2D eigenvalue weighted by Gasteiger charge is -2.09. The van der Waals surface area contributed by atoms with Crippen LogP contribution in [0.15, 0.2) is 0 Å². The minimum absolute atomic E-state index is 0.697. The third-order valence-electron chi connectivity index (χ3n) is 1.04. The SMILES string of the molecule is COP(=O)(OC)OC(=[N+]=[N-])C(C)=O. The van der Waals surface area contributed by atoms with Gasteiger partial charge in [0, 0.05) is 21.1 Å². The second-order valence-corrected chi connectivity index (χ2v) is 3.67. The van der Waals surface area contributed by atoms with Crippen LogP contribution in [0.4, 0.5) is 0 Å². The van der Waals surface area contributed by atoms with Crippen molar-refractivity contribution in [3.63, 3.8) is 0 Å². The zero-order valence-corrected chi connectivity index (χ0v) is 8.28. The van der Waals surface area contributed by atoms with E-state index in [2.05, 4.69) is 18.4 Å². The van der Waals surface area contributed by atoms with Crippen molar-refractivity contribution >= 4 is 19.5 Å². The fourth-order valence-corrected chi connectivity index (χ4v) is 1.08. The molecule has 0 aliphatic carbocycles. The second-order valence-electron chi connectivity index (χ2n) is 1.86. The Bertz CT molecular complexity index is 287. The Hall–Kier alpha value is -1.00.